The molecular weight excluding hydrogens is 392 g/mol. The number of ether oxygens (including phenoxy) is 1. The molecule has 31 heavy (non-hydrogen) atoms. The number of nitrogens with one attached hydrogen (secondary N) is 2. The summed E-state index contributed by atoms with van der Waals surface area (Å²) in [6.07, 6.45) is 2.26. The van der Waals surface area contributed by atoms with E-state index in [0.717, 1.165) is 24.2 Å². The third kappa shape index (κ3) is 6.77. The first-order valence-corrected chi connectivity index (χ1v) is 10.6. The predicted octanol–water partition coefficient (Wildman–Crippen LogP) is 3.30. The highest BCUT2D eigenvalue weighted by Crippen LogP contribution is 2.19. The van der Waals surface area contributed by atoms with Crippen molar-refractivity contribution < 1.29 is 9.53 Å². The van der Waals surface area contributed by atoms with Crippen molar-refractivity contribution in [3.63, 3.8) is 0 Å². The van der Waals surface area contributed by atoms with Gasteiger partial charge in [-0.15, -0.1) is 10.2 Å². The second-order valence-corrected chi connectivity index (χ2v) is 7.40. The first-order chi connectivity index (χ1) is 15.0. The summed E-state index contributed by atoms with van der Waals surface area (Å²) in [5.41, 5.74) is 1.83. The van der Waals surface area contributed by atoms with E-state index in [1.165, 1.54) is 5.56 Å². The minimum atomic E-state index is -0.331. The summed E-state index contributed by atoms with van der Waals surface area (Å²) in [6.45, 7) is 4.63. The second kappa shape index (κ2) is 11.1. The number of carbonyl (C=O) groups excluding carboxylic acids is 1. The maximum atomic E-state index is 12.4. The van der Waals surface area contributed by atoms with Crippen molar-refractivity contribution in [2.75, 3.05) is 6.54 Å². The van der Waals surface area contributed by atoms with Crippen molar-refractivity contribution in [1.82, 2.24) is 20.5 Å². The van der Waals surface area contributed by atoms with E-state index < -0.39 is 0 Å². The summed E-state index contributed by atoms with van der Waals surface area (Å²) in [7, 11) is 0. The molecule has 0 aliphatic carbocycles. The highest BCUT2D eigenvalue weighted by molar-refractivity contribution is 5.76. The zero-order chi connectivity index (χ0) is 22.1. The van der Waals surface area contributed by atoms with Crippen LogP contribution in [-0.2, 0) is 17.6 Å². The lowest BCUT2D eigenvalue weighted by atomic mass is 10.1. The molecule has 0 spiro atoms. The van der Waals surface area contributed by atoms with Crippen LogP contribution in [0.4, 0.5) is 0 Å². The van der Waals surface area contributed by atoms with Gasteiger partial charge in [0, 0.05) is 24.9 Å². The maximum Gasteiger partial charge on any atom is 0.273 e. The molecule has 1 heterocycles. The Morgan fingerprint density at radius 2 is 1.81 bits per heavy atom. The number of aryl methyl sites for hydroxylation is 1. The summed E-state index contributed by atoms with van der Waals surface area (Å²) in [5.74, 6) is 1.04. The molecule has 0 fully saturated rings. The summed E-state index contributed by atoms with van der Waals surface area (Å²) in [6, 6.07) is 17.3. The van der Waals surface area contributed by atoms with Gasteiger partial charge in [-0.25, -0.2) is 0 Å². The van der Waals surface area contributed by atoms with E-state index in [1.54, 1.807) is 0 Å². The van der Waals surface area contributed by atoms with Crippen LogP contribution in [0.15, 0.2) is 59.4 Å². The predicted molar refractivity (Wildman–Crippen MR) is 120 cm³/mol. The molecule has 0 unspecified atom stereocenters. The smallest absolute Gasteiger partial charge is 0.273 e. The molecule has 2 aromatic carbocycles. The SMILES string of the molecule is CC[C@H](C)Oc1ccc(-c2nnc(CCC(=O)NCCc3ccccc3)c(=O)[nH]2)cc1. The van der Waals surface area contributed by atoms with Crippen molar-refractivity contribution in [3.8, 4) is 17.1 Å². The molecule has 0 radical (unpaired) electrons. The van der Waals surface area contributed by atoms with E-state index in [9.17, 15) is 9.59 Å². The summed E-state index contributed by atoms with van der Waals surface area (Å²) >= 11 is 0. The van der Waals surface area contributed by atoms with Crippen LogP contribution in [0.3, 0.4) is 0 Å². The van der Waals surface area contributed by atoms with E-state index in [-0.39, 0.29) is 36.1 Å². The van der Waals surface area contributed by atoms with Gasteiger partial charge in [0.05, 0.1) is 6.10 Å². The van der Waals surface area contributed by atoms with E-state index in [1.807, 2.05) is 61.5 Å². The molecular formula is C24H28N4O3. The van der Waals surface area contributed by atoms with Gasteiger partial charge in [-0.2, -0.15) is 0 Å². The van der Waals surface area contributed by atoms with E-state index in [4.69, 9.17) is 4.74 Å². The fraction of sp³-hybridized carbons (Fsp3) is 0.333. The number of aromatic amines is 1. The Kier molecular flexibility index (Phi) is 7.92. The van der Waals surface area contributed by atoms with Gasteiger partial charge in [0.25, 0.3) is 5.56 Å². The topological polar surface area (TPSA) is 97.0 Å². The van der Waals surface area contributed by atoms with Gasteiger partial charge in [-0.3, -0.25) is 9.59 Å². The van der Waals surface area contributed by atoms with Gasteiger partial charge in [-0.05, 0) is 49.6 Å². The van der Waals surface area contributed by atoms with Gasteiger partial charge in [0.2, 0.25) is 5.91 Å². The molecule has 0 aliphatic heterocycles. The number of hydrogen-bond acceptors (Lipinski definition) is 5. The van der Waals surface area contributed by atoms with Crippen molar-refractivity contribution in [3.05, 3.63) is 76.2 Å². The molecule has 0 bridgehead atoms. The lowest BCUT2D eigenvalue weighted by Crippen LogP contribution is -2.27. The number of carbonyl (C=O) groups is 1. The molecule has 0 saturated carbocycles. The highest BCUT2D eigenvalue weighted by Gasteiger charge is 2.10. The number of benzene rings is 2. The van der Waals surface area contributed by atoms with Gasteiger partial charge >= 0.3 is 0 Å². The molecule has 1 atom stereocenters. The number of rotatable bonds is 10. The molecule has 7 nitrogen and oxygen atoms in total. The fourth-order valence-corrected chi connectivity index (χ4v) is 2.97. The highest BCUT2D eigenvalue weighted by atomic mass is 16.5. The van der Waals surface area contributed by atoms with Crippen LogP contribution >= 0.6 is 0 Å². The minimum absolute atomic E-state index is 0.113. The summed E-state index contributed by atoms with van der Waals surface area (Å²) in [4.78, 5) is 27.2. The normalized spacial score (nSPS) is 11.7. The molecule has 3 rings (SSSR count). The van der Waals surface area contributed by atoms with Crippen LogP contribution in [0.5, 0.6) is 5.75 Å². The van der Waals surface area contributed by atoms with E-state index >= 15 is 0 Å². The Balaban J connectivity index is 1.51. The van der Waals surface area contributed by atoms with Crippen molar-refractivity contribution in [2.45, 2.75) is 45.6 Å². The van der Waals surface area contributed by atoms with Crippen LogP contribution in [-0.4, -0.2) is 33.7 Å². The maximum absolute atomic E-state index is 12.4. The van der Waals surface area contributed by atoms with Gasteiger partial charge in [0.1, 0.15) is 11.4 Å². The lowest BCUT2D eigenvalue weighted by molar-refractivity contribution is -0.121. The average molecular weight is 421 g/mol. The largest absolute Gasteiger partial charge is 0.491 e. The summed E-state index contributed by atoms with van der Waals surface area (Å²) < 4.78 is 5.76. The number of nitrogens with zero attached hydrogens (tertiary/aromatic N) is 2. The first-order valence-electron chi connectivity index (χ1n) is 10.6. The average Bonchev–Trinajstić information content (AvgIpc) is 2.79. The molecule has 1 amide bonds. The van der Waals surface area contributed by atoms with Crippen LogP contribution in [0, 0.1) is 0 Å². The third-order valence-corrected chi connectivity index (χ3v) is 4.97. The van der Waals surface area contributed by atoms with Crippen LogP contribution in [0.2, 0.25) is 0 Å². The Bertz CT molecular complexity index is 1030. The molecule has 162 valence electrons. The lowest BCUT2D eigenvalue weighted by Gasteiger charge is -2.12. The standard InChI is InChI=1S/C24H28N4O3/c1-3-17(2)31-20-11-9-19(10-12-20)23-26-24(30)21(27-28-23)13-14-22(29)25-16-15-18-7-5-4-6-8-18/h4-12,17H,3,13-16H2,1-2H3,(H,25,29)(H,26,28,30)/t17-/m0/s1. The molecule has 3 aromatic rings. The van der Waals surface area contributed by atoms with Gasteiger partial charge in [-0.1, -0.05) is 37.3 Å². The van der Waals surface area contributed by atoms with Crippen LogP contribution in [0.1, 0.15) is 37.9 Å². The molecule has 2 N–H and O–H groups in total. The van der Waals surface area contributed by atoms with Crippen LogP contribution in [0.25, 0.3) is 11.4 Å². The number of amides is 1. The van der Waals surface area contributed by atoms with Crippen molar-refractivity contribution in [1.29, 1.82) is 0 Å². The minimum Gasteiger partial charge on any atom is -0.491 e. The zero-order valence-electron chi connectivity index (χ0n) is 17.9. The van der Waals surface area contributed by atoms with E-state index in [0.29, 0.717) is 12.4 Å². The van der Waals surface area contributed by atoms with E-state index in [2.05, 4.69) is 27.4 Å². The van der Waals surface area contributed by atoms with Crippen LogP contribution < -0.4 is 15.6 Å². The zero-order valence-corrected chi connectivity index (χ0v) is 17.9. The van der Waals surface area contributed by atoms with Crippen molar-refractivity contribution in [2.24, 2.45) is 0 Å². The molecule has 7 heteroatoms. The number of hydrogen-bond donors (Lipinski definition) is 2. The third-order valence-electron chi connectivity index (χ3n) is 4.97. The molecule has 0 aliphatic rings. The second-order valence-electron chi connectivity index (χ2n) is 7.40. The molecule has 0 saturated heterocycles. The first kappa shape index (κ1) is 22.2. The quantitative estimate of drug-likeness (QED) is 0.525. The Morgan fingerprint density at radius 1 is 1.06 bits per heavy atom. The Hall–Kier alpha value is -3.48. The van der Waals surface area contributed by atoms with Crippen molar-refractivity contribution >= 4 is 5.91 Å². The molecule has 1 aromatic heterocycles. The number of H-pyrrole nitrogens is 1. The fourth-order valence-electron chi connectivity index (χ4n) is 2.97. The monoisotopic (exact) mass is 420 g/mol. The van der Waals surface area contributed by atoms with Gasteiger partial charge in [0.15, 0.2) is 5.82 Å². The van der Waals surface area contributed by atoms with Gasteiger partial charge < -0.3 is 15.0 Å². The Morgan fingerprint density at radius 3 is 2.48 bits per heavy atom. The summed E-state index contributed by atoms with van der Waals surface area (Å²) in [5, 5.41) is 11.0. The Labute approximate surface area is 181 Å². The number of aromatic nitrogens is 3.